The molecule has 0 unspecified atom stereocenters. The summed E-state index contributed by atoms with van der Waals surface area (Å²) in [6.45, 7) is 0.843. The van der Waals surface area contributed by atoms with E-state index in [-0.39, 0.29) is 12.0 Å². The van der Waals surface area contributed by atoms with Gasteiger partial charge in [0, 0.05) is 26.0 Å². The van der Waals surface area contributed by atoms with Gasteiger partial charge in [0.15, 0.2) is 6.10 Å². The summed E-state index contributed by atoms with van der Waals surface area (Å²) in [7, 11) is 1.29. The van der Waals surface area contributed by atoms with Crippen LogP contribution in [-0.2, 0) is 16.0 Å². The van der Waals surface area contributed by atoms with Gasteiger partial charge < -0.3 is 19.3 Å². The van der Waals surface area contributed by atoms with Crippen LogP contribution in [0.15, 0.2) is 72.8 Å². The Labute approximate surface area is 181 Å². The zero-order valence-electron chi connectivity index (χ0n) is 17.3. The van der Waals surface area contributed by atoms with Crippen LogP contribution in [0.3, 0.4) is 0 Å². The Morgan fingerprint density at radius 2 is 1.52 bits per heavy atom. The predicted octanol–water partition coefficient (Wildman–Crippen LogP) is 4.98. The fourth-order valence-corrected chi connectivity index (χ4v) is 3.07. The zero-order chi connectivity index (χ0) is 22.1. The number of carboxylic acids is 1. The Bertz CT molecular complexity index is 973. The van der Waals surface area contributed by atoms with E-state index in [1.54, 1.807) is 6.07 Å². The van der Waals surface area contributed by atoms with Crippen molar-refractivity contribution < 1.29 is 28.5 Å². The van der Waals surface area contributed by atoms with Gasteiger partial charge in [-0.05, 0) is 34.9 Å². The topological polar surface area (TPSA) is 65.0 Å². The van der Waals surface area contributed by atoms with Gasteiger partial charge in [-0.25, -0.2) is 9.18 Å². The summed E-state index contributed by atoms with van der Waals surface area (Å²) in [5.74, 6) is -0.480. The smallest absolute Gasteiger partial charge is 0.333 e. The van der Waals surface area contributed by atoms with E-state index < -0.39 is 17.9 Å². The first-order valence-electron chi connectivity index (χ1n) is 10.0. The number of ether oxygens (including phenoxy) is 3. The zero-order valence-corrected chi connectivity index (χ0v) is 17.3. The molecule has 3 rings (SSSR count). The summed E-state index contributed by atoms with van der Waals surface area (Å²) in [5, 5.41) is 9.01. The SMILES string of the molecule is CO[C@H](Cc1ccc(OCCCOc2ccc(-c3ccccc3)cc2)cc1F)C(=O)O. The highest BCUT2D eigenvalue weighted by atomic mass is 19.1. The summed E-state index contributed by atoms with van der Waals surface area (Å²) in [4.78, 5) is 11.0. The molecular weight excluding hydrogens is 399 g/mol. The maximum Gasteiger partial charge on any atom is 0.333 e. The molecule has 0 amide bonds. The lowest BCUT2D eigenvalue weighted by Crippen LogP contribution is -2.25. The molecule has 0 spiro atoms. The van der Waals surface area contributed by atoms with Crippen LogP contribution in [-0.4, -0.2) is 37.5 Å². The first-order chi connectivity index (χ1) is 15.1. The molecule has 0 aliphatic carbocycles. The summed E-state index contributed by atoms with van der Waals surface area (Å²) in [6, 6.07) is 22.4. The maximum absolute atomic E-state index is 14.2. The lowest BCUT2D eigenvalue weighted by atomic mass is 10.1. The highest BCUT2D eigenvalue weighted by Crippen LogP contribution is 2.22. The van der Waals surface area contributed by atoms with Crippen molar-refractivity contribution in [1.82, 2.24) is 0 Å². The number of benzene rings is 3. The maximum atomic E-state index is 14.2. The van der Waals surface area contributed by atoms with Crippen LogP contribution in [0.1, 0.15) is 12.0 Å². The van der Waals surface area contributed by atoms with Crippen LogP contribution in [0.4, 0.5) is 4.39 Å². The first kappa shape index (κ1) is 22.3. The fourth-order valence-electron chi connectivity index (χ4n) is 3.07. The van der Waals surface area contributed by atoms with E-state index in [2.05, 4.69) is 12.1 Å². The van der Waals surface area contributed by atoms with Crippen molar-refractivity contribution in [2.75, 3.05) is 20.3 Å². The van der Waals surface area contributed by atoms with Gasteiger partial charge in [-0.1, -0.05) is 48.5 Å². The minimum absolute atomic E-state index is 0.0468. The van der Waals surface area contributed by atoms with Gasteiger partial charge in [0.25, 0.3) is 0 Å². The molecule has 162 valence electrons. The molecule has 0 radical (unpaired) electrons. The average Bonchev–Trinajstić information content (AvgIpc) is 2.79. The Kier molecular flexibility index (Phi) is 8.01. The van der Waals surface area contributed by atoms with Gasteiger partial charge in [-0.15, -0.1) is 0 Å². The number of carbonyl (C=O) groups is 1. The number of hydrogen-bond donors (Lipinski definition) is 1. The van der Waals surface area contributed by atoms with Crippen molar-refractivity contribution >= 4 is 5.97 Å². The molecule has 0 saturated carbocycles. The van der Waals surface area contributed by atoms with Crippen molar-refractivity contribution in [3.8, 4) is 22.6 Å². The average molecular weight is 424 g/mol. The van der Waals surface area contributed by atoms with Crippen molar-refractivity contribution in [2.45, 2.75) is 18.9 Å². The highest BCUT2D eigenvalue weighted by Gasteiger charge is 2.19. The van der Waals surface area contributed by atoms with E-state index in [1.807, 2.05) is 42.5 Å². The summed E-state index contributed by atoms with van der Waals surface area (Å²) in [6.07, 6.45) is -0.496. The van der Waals surface area contributed by atoms with Gasteiger partial charge >= 0.3 is 5.97 Å². The summed E-state index contributed by atoms with van der Waals surface area (Å²) < 4.78 is 30.4. The summed E-state index contributed by atoms with van der Waals surface area (Å²) >= 11 is 0. The number of methoxy groups -OCH3 is 1. The minimum atomic E-state index is -1.13. The third-order valence-corrected chi connectivity index (χ3v) is 4.78. The lowest BCUT2D eigenvalue weighted by Gasteiger charge is -2.12. The second-order valence-corrected chi connectivity index (χ2v) is 6.96. The van der Waals surface area contributed by atoms with E-state index in [4.69, 9.17) is 19.3 Å². The third-order valence-electron chi connectivity index (χ3n) is 4.78. The second-order valence-electron chi connectivity index (χ2n) is 6.96. The normalized spacial score (nSPS) is 11.7. The molecule has 5 nitrogen and oxygen atoms in total. The molecule has 3 aromatic rings. The van der Waals surface area contributed by atoms with Crippen LogP contribution >= 0.6 is 0 Å². The molecular formula is C25H25FO5. The molecule has 0 aliphatic heterocycles. The number of halogens is 1. The monoisotopic (exact) mass is 424 g/mol. The molecule has 6 heteroatoms. The Morgan fingerprint density at radius 1 is 0.903 bits per heavy atom. The van der Waals surface area contributed by atoms with E-state index in [1.165, 1.54) is 19.2 Å². The third kappa shape index (κ3) is 6.55. The Hall–Kier alpha value is -3.38. The first-order valence-corrected chi connectivity index (χ1v) is 10.0. The fraction of sp³-hybridized carbons (Fsp3) is 0.240. The minimum Gasteiger partial charge on any atom is -0.493 e. The van der Waals surface area contributed by atoms with Gasteiger partial charge in [0.2, 0.25) is 0 Å². The Balaban J connectivity index is 1.41. The van der Waals surface area contributed by atoms with Crippen molar-refractivity contribution in [1.29, 1.82) is 0 Å². The van der Waals surface area contributed by atoms with Crippen LogP contribution in [0.2, 0.25) is 0 Å². The van der Waals surface area contributed by atoms with Crippen molar-refractivity contribution in [3.05, 3.63) is 84.2 Å². The molecule has 31 heavy (non-hydrogen) atoms. The molecule has 0 bridgehead atoms. The summed E-state index contributed by atoms with van der Waals surface area (Å²) in [5.41, 5.74) is 2.55. The predicted molar refractivity (Wildman–Crippen MR) is 116 cm³/mol. The van der Waals surface area contributed by atoms with Crippen molar-refractivity contribution in [2.24, 2.45) is 0 Å². The molecule has 0 aliphatic rings. The molecule has 0 aromatic heterocycles. The van der Waals surface area contributed by atoms with Gasteiger partial charge in [-0.3, -0.25) is 0 Å². The number of hydrogen-bond acceptors (Lipinski definition) is 4. The van der Waals surface area contributed by atoms with E-state index in [9.17, 15) is 9.18 Å². The number of carboxylic acid groups (broad SMARTS) is 1. The van der Waals surface area contributed by atoms with Crippen molar-refractivity contribution in [3.63, 3.8) is 0 Å². The van der Waals surface area contributed by atoms with E-state index >= 15 is 0 Å². The molecule has 3 aromatic carbocycles. The lowest BCUT2D eigenvalue weighted by molar-refractivity contribution is -0.148. The van der Waals surface area contributed by atoms with E-state index in [0.29, 0.717) is 25.4 Å². The van der Waals surface area contributed by atoms with Gasteiger partial charge in [0.1, 0.15) is 17.3 Å². The molecule has 0 heterocycles. The molecule has 1 atom stereocenters. The largest absolute Gasteiger partial charge is 0.493 e. The number of rotatable bonds is 11. The second kappa shape index (κ2) is 11.1. The quantitative estimate of drug-likeness (QED) is 0.440. The van der Waals surface area contributed by atoms with Crippen LogP contribution in [0.5, 0.6) is 11.5 Å². The van der Waals surface area contributed by atoms with Gasteiger partial charge in [-0.2, -0.15) is 0 Å². The molecule has 1 N–H and O–H groups in total. The molecule has 0 fully saturated rings. The van der Waals surface area contributed by atoms with Crippen LogP contribution in [0, 0.1) is 5.82 Å². The number of aliphatic carboxylic acids is 1. The van der Waals surface area contributed by atoms with Crippen LogP contribution < -0.4 is 9.47 Å². The Morgan fingerprint density at radius 3 is 2.13 bits per heavy atom. The molecule has 0 saturated heterocycles. The van der Waals surface area contributed by atoms with E-state index in [0.717, 1.165) is 16.9 Å². The highest BCUT2D eigenvalue weighted by molar-refractivity contribution is 5.72. The standard InChI is InChI=1S/C25H25FO5/c1-29-24(25(27)28)16-20-10-13-22(17-23(20)26)31-15-5-14-30-21-11-8-19(9-12-21)18-6-3-2-4-7-18/h2-4,6-13,17,24H,5,14-16H2,1H3,(H,27,28)/t24-/m1/s1. The van der Waals surface area contributed by atoms with Gasteiger partial charge in [0.05, 0.1) is 13.2 Å². The van der Waals surface area contributed by atoms with Crippen LogP contribution in [0.25, 0.3) is 11.1 Å².